The fourth-order valence-corrected chi connectivity index (χ4v) is 4.51. The van der Waals surface area contributed by atoms with E-state index < -0.39 is 16.6 Å². The largest absolute Gasteiger partial charge is 0.491 e. The lowest BCUT2D eigenvalue weighted by Gasteiger charge is -2.26. The molecule has 172 valence electrons. The molecule has 0 radical (unpaired) electrons. The van der Waals surface area contributed by atoms with Gasteiger partial charge >= 0.3 is 0 Å². The van der Waals surface area contributed by atoms with Gasteiger partial charge in [-0.25, -0.2) is 0 Å². The Kier molecular flexibility index (Phi) is 8.95. The molecule has 0 unspecified atom stereocenters. The minimum atomic E-state index is -1.48. The van der Waals surface area contributed by atoms with Crippen molar-refractivity contribution in [2.24, 2.45) is 0 Å². The van der Waals surface area contributed by atoms with Crippen LogP contribution in [0.1, 0.15) is 25.0 Å². The summed E-state index contributed by atoms with van der Waals surface area (Å²) < 4.78 is 23.3. The van der Waals surface area contributed by atoms with Gasteiger partial charge < -0.3 is 18.3 Å². The molecule has 0 fully saturated rings. The van der Waals surface area contributed by atoms with Gasteiger partial charge in [-0.3, -0.25) is 0 Å². The van der Waals surface area contributed by atoms with Crippen LogP contribution in [0, 0.1) is 0 Å². The summed E-state index contributed by atoms with van der Waals surface area (Å²) in [6.07, 6.45) is 0. The van der Waals surface area contributed by atoms with Crippen LogP contribution in [0.25, 0.3) is 0 Å². The highest BCUT2D eigenvalue weighted by molar-refractivity contribution is 6.70. The normalized spacial score (nSPS) is 12.6. The van der Waals surface area contributed by atoms with E-state index >= 15 is 0 Å². The van der Waals surface area contributed by atoms with E-state index in [1.54, 1.807) is 0 Å². The SMILES string of the molecule is CC(C)(c1ccc(OCCO[Si](C)(C)C)cc1)c1ccc(OCCO[Si](C)(C)C)cc1. The average Bonchev–Trinajstić information content (AvgIpc) is 2.68. The molecule has 0 saturated carbocycles. The van der Waals surface area contributed by atoms with Crippen molar-refractivity contribution in [1.82, 2.24) is 0 Å². The van der Waals surface area contributed by atoms with Gasteiger partial charge in [0, 0.05) is 5.41 Å². The maximum absolute atomic E-state index is 5.84. The Balaban J connectivity index is 1.90. The first-order chi connectivity index (χ1) is 14.4. The summed E-state index contributed by atoms with van der Waals surface area (Å²) in [6.45, 7) is 20.0. The topological polar surface area (TPSA) is 36.9 Å². The highest BCUT2D eigenvalue weighted by Gasteiger charge is 2.23. The third-order valence-corrected chi connectivity index (χ3v) is 7.07. The van der Waals surface area contributed by atoms with E-state index in [0.717, 1.165) is 11.5 Å². The van der Waals surface area contributed by atoms with E-state index in [1.807, 2.05) is 24.3 Å². The first-order valence-corrected chi connectivity index (χ1v) is 17.9. The summed E-state index contributed by atoms with van der Waals surface area (Å²) in [5.41, 5.74) is 2.38. The molecule has 0 aliphatic carbocycles. The second-order valence-corrected chi connectivity index (χ2v) is 19.3. The van der Waals surface area contributed by atoms with Gasteiger partial charge in [-0.1, -0.05) is 38.1 Å². The molecule has 2 rings (SSSR count). The first kappa shape index (κ1) is 25.7. The van der Waals surface area contributed by atoms with Crippen LogP contribution in [-0.2, 0) is 14.3 Å². The summed E-state index contributed by atoms with van der Waals surface area (Å²) in [6, 6.07) is 16.8. The van der Waals surface area contributed by atoms with E-state index in [-0.39, 0.29) is 5.41 Å². The summed E-state index contributed by atoms with van der Waals surface area (Å²) in [5, 5.41) is 0. The van der Waals surface area contributed by atoms with Crippen molar-refractivity contribution in [3.8, 4) is 11.5 Å². The lowest BCUT2D eigenvalue weighted by molar-refractivity contribution is 0.212. The molecular weight excluding hydrogens is 420 g/mol. The van der Waals surface area contributed by atoms with Crippen molar-refractivity contribution in [1.29, 1.82) is 0 Å². The third kappa shape index (κ3) is 9.19. The Bertz CT molecular complexity index is 721. The first-order valence-electron chi connectivity index (χ1n) is 11.1. The molecule has 0 heterocycles. The molecule has 2 aromatic rings. The lowest BCUT2D eigenvalue weighted by Crippen LogP contribution is -2.27. The summed E-state index contributed by atoms with van der Waals surface area (Å²) in [5.74, 6) is 1.76. The van der Waals surface area contributed by atoms with Crippen LogP contribution >= 0.6 is 0 Å². The number of ether oxygens (including phenoxy) is 2. The smallest absolute Gasteiger partial charge is 0.183 e. The van der Waals surface area contributed by atoms with Gasteiger partial charge in [-0.2, -0.15) is 0 Å². The Morgan fingerprint density at radius 2 is 0.871 bits per heavy atom. The lowest BCUT2D eigenvalue weighted by atomic mass is 9.78. The van der Waals surface area contributed by atoms with E-state index in [4.69, 9.17) is 18.3 Å². The summed E-state index contributed by atoms with van der Waals surface area (Å²) >= 11 is 0. The van der Waals surface area contributed by atoms with Crippen molar-refractivity contribution in [2.45, 2.75) is 58.5 Å². The fraction of sp³-hybridized carbons (Fsp3) is 0.520. The quantitative estimate of drug-likeness (QED) is 0.268. The Morgan fingerprint density at radius 1 is 0.548 bits per heavy atom. The Morgan fingerprint density at radius 3 is 1.16 bits per heavy atom. The summed E-state index contributed by atoms with van der Waals surface area (Å²) in [7, 11) is -2.96. The van der Waals surface area contributed by atoms with Crippen molar-refractivity contribution >= 4 is 16.6 Å². The van der Waals surface area contributed by atoms with Gasteiger partial charge in [0.05, 0.1) is 13.2 Å². The minimum Gasteiger partial charge on any atom is -0.491 e. The Labute approximate surface area is 191 Å². The number of benzene rings is 2. The zero-order valence-electron chi connectivity index (χ0n) is 20.6. The standard InChI is InChI=1S/C25H40O4Si2/c1-25(2,21-9-13-23(14-10-21)26-17-19-28-30(3,4)5)22-11-15-24(16-12-22)27-18-20-29-31(6,7)8/h9-16H,17-20H2,1-8H3. The predicted octanol–water partition coefficient (Wildman–Crippen LogP) is 6.47. The van der Waals surface area contributed by atoms with Gasteiger partial charge in [0.2, 0.25) is 0 Å². The van der Waals surface area contributed by atoms with Crippen LogP contribution in [0.2, 0.25) is 39.3 Å². The fourth-order valence-electron chi connectivity index (χ4n) is 3.12. The molecule has 4 nitrogen and oxygen atoms in total. The van der Waals surface area contributed by atoms with Gasteiger partial charge in [0.1, 0.15) is 24.7 Å². The zero-order chi connectivity index (χ0) is 23.1. The van der Waals surface area contributed by atoms with Crippen molar-refractivity contribution < 1.29 is 18.3 Å². The molecule has 6 heteroatoms. The van der Waals surface area contributed by atoms with E-state index in [9.17, 15) is 0 Å². The monoisotopic (exact) mass is 460 g/mol. The van der Waals surface area contributed by atoms with Gasteiger partial charge in [0.25, 0.3) is 0 Å². The van der Waals surface area contributed by atoms with Crippen LogP contribution in [0.3, 0.4) is 0 Å². The molecule has 0 bridgehead atoms. The van der Waals surface area contributed by atoms with Crippen molar-refractivity contribution in [3.63, 3.8) is 0 Å². The zero-order valence-corrected chi connectivity index (χ0v) is 22.6. The second-order valence-electron chi connectivity index (χ2n) is 10.3. The molecule has 0 N–H and O–H groups in total. The van der Waals surface area contributed by atoms with Crippen LogP contribution in [0.15, 0.2) is 48.5 Å². The maximum atomic E-state index is 5.84. The average molecular weight is 461 g/mol. The van der Waals surface area contributed by atoms with Gasteiger partial charge in [0.15, 0.2) is 16.6 Å². The van der Waals surface area contributed by atoms with Gasteiger partial charge in [-0.15, -0.1) is 0 Å². The number of rotatable bonds is 12. The molecule has 0 aromatic heterocycles. The van der Waals surface area contributed by atoms with Crippen LogP contribution in [0.5, 0.6) is 11.5 Å². The van der Waals surface area contributed by atoms with Gasteiger partial charge in [-0.05, 0) is 74.7 Å². The highest BCUT2D eigenvalue weighted by atomic mass is 28.4. The second kappa shape index (κ2) is 10.8. The Hall–Kier alpha value is -1.61. The molecule has 0 aliphatic rings. The molecule has 2 aromatic carbocycles. The van der Waals surface area contributed by atoms with Crippen LogP contribution in [-0.4, -0.2) is 43.1 Å². The summed E-state index contributed by atoms with van der Waals surface area (Å²) in [4.78, 5) is 0. The maximum Gasteiger partial charge on any atom is 0.183 e. The van der Waals surface area contributed by atoms with Crippen LogP contribution in [0.4, 0.5) is 0 Å². The van der Waals surface area contributed by atoms with Crippen molar-refractivity contribution in [3.05, 3.63) is 59.7 Å². The number of hydrogen-bond donors (Lipinski definition) is 0. The van der Waals surface area contributed by atoms with E-state index in [0.29, 0.717) is 26.4 Å². The molecule has 31 heavy (non-hydrogen) atoms. The number of hydrogen-bond acceptors (Lipinski definition) is 4. The molecular formula is C25H40O4Si2. The van der Waals surface area contributed by atoms with Crippen LogP contribution < -0.4 is 9.47 Å². The molecule has 0 atom stereocenters. The highest BCUT2D eigenvalue weighted by Crippen LogP contribution is 2.33. The van der Waals surface area contributed by atoms with Crippen molar-refractivity contribution in [2.75, 3.05) is 26.4 Å². The molecule has 0 aliphatic heterocycles. The van der Waals surface area contributed by atoms with E-state index in [2.05, 4.69) is 77.4 Å². The third-order valence-electron chi connectivity index (χ3n) is 4.93. The van der Waals surface area contributed by atoms with E-state index in [1.165, 1.54) is 11.1 Å². The molecule has 0 spiro atoms. The molecule has 0 saturated heterocycles. The minimum absolute atomic E-state index is 0.112. The molecule has 0 amide bonds. The predicted molar refractivity (Wildman–Crippen MR) is 135 cm³/mol.